The molecule has 20 heavy (non-hydrogen) atoms. The van der Waals surface area contributed by atoms with E-state index < -0.39 is 0 Å². The van der Waals surface area contributed by atoms with Crippen molar-refractivity contribution in [1.82, 2.24) is 10.2 Å². The van der Waals surface area contributed by atoms with Gasteiger partial charge in [0.05, 0.1) is 0 Å². The highest BCUT2D eigenvalue weighted by Crippen LogP contribution is 2.39. The molecule has 1 aliphatic heterocycles. The summed E-state index contributed by atoms with van der Waals surface area (Å²) in [6, 6.07) is 5.40. The average molecular weight is 274 g/mol. The summed E-state index contributed by atoms with van der Waals surface area (Å²) >= 11 is 0. The van der Waals surface area contributed by atoms with E-state index in [9.17, 15) is 0 Å². The maximum Gasteiger partial charge on any atom is 0.0391 e. The molecule has 112 valence electrons. The lowest BCUT2D eigenvalue weighted by Crippen LogP contribution is -2.30. The van der Waals surface area contributed by atoms with Crippen molar-refractivity contribution in [3.05, 3.63) is 34.4 Å². The van der Waals surface area contributed by atoms with Crippen LogP contribution in [0.5, 0.6) is 0 Å². The standard InChI is InChI=1S/C18H30N2/c1-6-8-20-9-7-16(12-19-5)18(20)17-11-14(3)13(2)10-15(17)4/h10-11,16,18-19H,6-9,12H2,1-5H3. The Morgan fingerprint density at radius 2 is 1.85 bits per heavy atom. The largest absolute Gasteiger partial charge is 0.319 e. The molecule has 1 fully saturated rings. The van der Waals surface area contributed by atoms with Crippen molar-refractivity contribution >= 4 is 0 Å². The average Bonchev–Trinajstić information content (AvgIpc) is 2.78. The van der Waals surface area contributed by atoms with E-state index in [4.69, 9.17) is 0 Å². The van der Waals surface area contributed by atoms with Gasteiger partial charge in [0.25, 0.3) is 0 Å². The Hall–Kier alpha value is -0.860. The van der Waals surface area contributed by atoms with E-state index in [1.54, 1.807) is 5.56 Å². The van der Waals surface area contributed by atoms with Gasteiger partial charge < -0.3 is 5.32 Å². The van der Waals surface area contributed by atoms with E-state index in [0.717, 1.165) is 12.5 Å². The van der Waals surface area contributed by atoms with E-state index in [1.807, 2.05) is 0 Å². The van der Waals surface area contributed by atoms with E-state index in [-0.39, 0.29) is 0 Å². The van der Waals surface area contributed by atoms with Crippen molar-refractivity contribution in [2.75, 3.05) is 26.7 Å². The Balaban J connectivity index is 2.36. The number of hydrogen-bond acceptors (Lipinski definition) is 2. The third-order valence-electron chi connectivity index (χ3n) is 4.81. The second-order valence-corrected chi connectivity index (χ2v) is 6.38. The van der Waals surface area contributed by atoms with Gasteiger partial charge in [0.15, 0.2) is 0 Å². The molecule has 2 nitrogen and oxygen atoms in total. The number of benzene rings is 1. The van der Waals surface area contributed by atoms with Gasteiger partial charge in [0.2, 0.25) is 0 Å². The zero-order chi connectivity index (χ0) is 14.7. The summed E-state index contributed by atoms with van der Waals surface area (Å²) < 4.78 is 0. The number of rotatable bonds is 5. The monoisotopic (exact) mass is 274 g/mol. The minimum atomic E-state index is 0.599. The van der Waals surface area contributed by atoms with Gasteiger partial charge in [-0.3, -0.25) is 4.90 Å². The van der Waals surface area contributed by atoms with Gasteiger partial charge in [0, 0.05) is 6.04 Å². The van der Waals surface area contributed by atoms with Crippen LogP contribution in [0, 0.1) is 26.7 Å². The van der Waals surface area contributed by atoms with Gasteiger partial charge in [-0.15, -0.1) is 0 Å². The highest BCUT2D eigenvalue weighted by Gasteiger charge is 2.35. The van der Waals surface area contributed by atoms with Crippen LogP contribution in [0.25, 0.3) is 0 Å². The summed E-state index contributed by atoms with van der Waals surface area (Å²) in [5.41, 5.74) is 5.86. The molecule has 0 saturated carbocycles. The molecule has 0 spiro atoms. The van der Waals surface area contributed by atoms with Crippen molar-refractivity contribution in [1.29, 1.82) is 0 Å². The Labute approximate surface area is 124 Å². The van der Waals surface area contributed by atoms with Crippen LogP contribution in [0.3, 0.4) is 0 Å². The lowest BCUT2D eigenvalue weighted by molar-refractivity contribution is 0.226. The number of likely N-dealkylation sites (tertiary alicyclic amines) is 1. The number of nitrogens with one attached hydrogen (secondary N) is 1. The quantitative estimate of drug-likeness (QED) is 0.882. The van der Waals surface area contributed by atoms with Crippen molar-refractivity contribution in [2.24, 2.45) is 5.92 Å². The van der Waals surface area contributed by atoms with Crippen molar-refractivity contribution in [2.45, 2.75) is 46.6 Å². The molecular weight excluding hydrogens is 244 g/mol. The summed E-state index contributed by atoms with van der Waals surface area (Å²) in [7, 11) is 2.08. The molecule has 1 N–H and O–H groups in total. The highest BCUT2D eigenvalue weighted by atomic mass is 15.2. The molecule has 2 atom stereocenters. The Kier molecular flexibility index (Phi) is 5.22. The predicted molar refractivity (Wildman–Crippen MR) is 87.3 cm³/mol. The molecular formula is C18H30N2. The Bertz CT molecular complexity index is 439. The smallest absolute Gasteiger partial charge is 0.0391 e. The lowest BCUT2D eigenvalue weighted by Gasteiger charge is -2.30. The van der Waals surface area contributed by atoms with E-state index in [1.165, 1.54) is 42.6 Å². The lowest BCUT2D eigenvalue weighted by atomic mass is 9.88. The third kappa shape index (κ3) is 3.07. The fourth-order valence-corrected chi connectivity index (χ4v) is 3.69. The maximum absolute atomic E-state index is 3.39. The molecule has 0 radical (unpaired) electrons. The second-order valence-electron chi connectivity index (χ2n) is 6.38. The molecule has 2 unspecified atom stereocenters. The van der Waals surface area contributed by atoms with Gasteiger partial charge in [-0.25, -0.2) is 0 Å². The Morgan fingerprint density at radius 3 is 2.50 bits per heavy atom. The van der Waals surface area contributed by atoms with E-state index in [2.05, 4.69) is 57.1 Å². The fraction of sp³-hybridized carbons (Fsp3) is 0.667. The van der Waals surface area contributed by atoms with Gasteiger partial charge >= 0.3 is 0 Å². The summed E-state index contributed by atoms with van der Waals surface area (Å²) in [5.74, 6) is 0.743. The van der Waals surface area contributed by atoms with E-state index >= 15 is 0 Å². The highest BCUT2D eigenvalue weighted by molar-refractivity contribution is 5.39. The zero-order valence-corrected chi connectivity index (χ0v) is 13.8. The topological polar surface area (TPSA) is 15.3 Å². The molecule has 1 aromatic rings. The molecule has 1 aromatic carbocycles. The van der Waals surface area contributed by atoms with Crippen molar-refractivity contribution in [3.8, 4) is 0 Å². The summed E-state index contributed by atoms with van der Waals surface area (Å²) in [4.78, 5) is 2.69. The third-order valence-corrected chi connectivity index (χ3v) is 4.81. The van der Waals surface area contributed by atoms with Crippen LogP contribution in [0.1, 0.15) is 48.1 Å². The number of hydrogen-bond donors (Lipinski definition) is 1. The van der Waals surface area contributed by atoms with Gasteiger partial charge in [-0.05, 0) is 88.5 Å². The first-order chi connectivity index (χ1) is 9.58. The SMILES string of the molecule is CCCN1CCC(CNC)C1c1cc(C)c(C)cc1C. The molecule has 1 heterocycles. The van der Waals surface area contributed by atoms with Gasteiger partial charge in [-0.1, -0.05) is 19.1 Å². The van der Waals surface area contributed by atoms with Crippen LogP contribution in [0.15, 0.2) is 12.1 Å². The predicted octanol–water partition coefficient (Wildman–Crippen LogP) is 3.60. The first kappa shape index (κ1) is 15.5. The molecule has 1 saturated heterocycles. The van der Waals surface area contributed by atoms with Crippen LogP contribution in [-0.4, -0.2) is 31.6 Å². The van der Waals surface area contributed by atoms with Crippen LogP contribution in [0.2, 0.25) is 0 Å². The maximum atomic E-state index is 3.39. The molecule has 1 aliphatic rings. The van der Waals surface area contributed by atoms with E-state index in [0.29, 0.717) is 6.04 Å². The molecule has 0 aromatic heterocycles. The Morgan fingerprint density at radius 1 is 1.15 bits per heavy atom. The minimum absolute atomic E-state index is 0.599. The summed E-state index contributed by atoms with van der Waals surface area (Å²) in [6.45, 7) is 12.6. The number of nitrogens with zero attached hydrogens (tertiary/aromatic N) is 1. The van der Waals surface area contributed by atoms with Crippen LogP contribution < -0.4 is 5.32 Å². The normalized spacial score (nSPS) is 23.4. The number of aryl methyl sites for hydroxylation is 3. The van der Waals surface area contributed by atoms with Crippen LogP contribution >= 0.6 is 0 Å². The van der Waals surface area contributed by atoms with Crippen LogP contribution in [0.4, 0.5) is 0 Å². The molecule has 2 heteroatoms. The molecule has 0 amide bonds. The summed E-state index contributed by atoms with van der Waals surface area (Å²) in [5, 5.41) is 3.39. The fourth-order valence-electron chi connectivity index (χ4n) is 3.69. The minimum Gasteiger partial charge on any atom is -0.319 e. The van der Waals surface area contributed by atoms with Gasteiger partial charge in [-0.2, -0.15) is 0 Å². The molecule has 0 aliphatic carbocycles. The van der Waals surface area contributed by atoms with Crippen LogP contribution in [-0.2, 0) is 0 Å². The molecule has 0 bridgehead atoms. The van der Waals surface area contributed by atoms with Gasteiger partial charge in [0.1, 0.15) is 0 Å². The van der Waals surface area contributed by atoms with Crippen molar-refractivity contribution < 1.29 is 0 Å². The molecule has 2 rings (SSSR count). The first-order valence-corrected chi connectivity index (χ1v) is 8.04. The zero-order valence-electron chi connectivity index (χ0n) is 13.8. The summed E-state index contributed by atoms with van der Waals surface area (Å²) in [6.07, 6.45) is 2.56. The first-order valence-electron chi connectivity index (χ1n) is 8.04. The van der Waals surface area contributed by atoms with Crippen molar-refractivity contribution in [3.63, 3.8) is 0 Å². The second kappa shape index (κ2) is 6.73.